The molecular formula is C52H59FO4. The molecule has 6 rings (SSSR count). The van der Waals surface area contributed by atoms with Crippen molar-refractivity contribution >= 4 is 0 Å². The van der Waals surface area contributed by atoms with E-state index in [1.165, 1.54) is 22.8 Å². The molecule has 0 atom stereocenters. The average molecular weight is 767 g/mol. The van der Waals surface area contributed by atoms with Gasteiger partial charge in [0.25, 0.3) is 0 Å². The third-order valence-corrected chi connectivity index (χ3v) is 10.3. The van der Waals surface area contributed by atoms with Gasteiger partial charge >= 0.3 is 0 Å². The summed E-state index contributed by atoms with van der Waals surface area (Å²) in [5, 5.41) is 0. The fourth-order valence-corrected chi connectivity index (χ4v) is 6.88. The van der Waals surface area contributed by atoms with E-state index in [2.05, 4.69) is 82.3 Å². The lowest BCUT2D eigenvalue weighted by Gasteiger charge is -2.25. The normalized spacial score (nSPS) is 11.3. The van der Waals surface area contributed by atoms with E-state index >= 15 is 0 Å². The fraction of sp³-hybridized carbons (Fsp3) is 0.308. The maximum atomic E-state index is 14.1. The second kappa shape index (κ2) is 21.1. The first kappa shape index (κ1) is 42.6. The van der Waals surface area contributed by atoms with Gasteiger partial charge in [0.15, 0.2) is 11.6 Å². The first-order valence-corrected chi connectivity index (χ1v) is 20.3. The lowest BCUT2D eigenvalue weighted by atomic mass is 9.80. The molecule has 4 nitrogen and oxygen atoms in total. The Kier molecular flexibility index (Phi) is 15.8. The summed E-state index contributed by atoms with van der Waals surface area (Å²) in [4.78, 5) is 0. The summed E-state index contributed by atoms with van der Waals surface area (Å²) >= 11 is 0. The molecule has 0 aliphatic heterocycles. The zero-order valence-electron chi connectivity index (χ0n) is 34.6. The summed E-state index contributed by atoms with van der Waals surface area (Å²) in [7, 11) is 0. The van der Waals surface area contributed by atoms with Crippen molar-refractivity contribution in [3.63, 3.8) is 0 Å². The van der Waals surface area contributed by atoms with Gasteiger partial charge in [-0.2, -0.15) is 0 Å². The summed E-state index contributed by atoms with van der Waals surface area (Å²) in [6.07, 6.45) is 6.24. The SMILES string of the molecule is CCOc1ccc(C(C)(C)CCCc2ccc(F)c(Oc3ccccc3)c2)cc1.CCOc1ccc(C(C)(C)CCCc2cccc(Oc3ccccc3)c2)cc1. The van der Waals surface area contributed by atoms with Crippen LogP contribution >= 0.6 is 0 Å². The van der Waals surface area contributed by atoms with Gasteiger partial charge in [0.2, 0.25) is 0 Å². The van der Waals surface area contributed by atoms with Crippen LogP contribution in [0.1, 0.15) is 89.5 Å². The highest BCUT2D eigenvalue weighted by Crippen LogP contribution is 2.33. The van der Waals surface area contributed by atoms with E-state index in [1.807, 2.05) is 105 Å². The third-order valence-electron chi connectivity index (χ3n) is 10.3. The van der Waals surface area contributed by atoms with Crippen molar-refractivity contribution in [2.24, 2.45) is 0 Å². The lowest BCUT2D eigenvalue weighted by molar-refractivity contribution is 0.339. The van der Waals surface area contributed by atoms with Gasteiger partial charge in [-0.25, -0.2) is 4.39 Å². The van der Waals surface area contributed by atoms with Crippen LogP contribution in [-0.2, 0) is 23.7 Å². The molecule has 0 N–H and O–H groups in total. The van der Waals surface area contributed by atoms with Gasteiger partial charge in [0.1, 0.15) is 28.7 Å². The Balaban J connectivity index is 0.000000218. The summed E-state index contributed by atoms with van der Waals surface area (Å²) < 4.78 is 36.9. The Morgan fingerprint density at radius 2 is 0.895 bits per heavy atom. The van der Waals surface area contributed by atoms with Gasteiger partial charge in [0, 0.05) is 0 Å². The molecule has 6 aromatic rings. The molecule has 6 aromatic carbocycles. The maximum Gasteiger partial charge on any atom is 0.165 e. The van der Waals surface area contributed by atoms with E-state index in [0.29, 0.717) is 19.0 Å². The van der Waals surface area contributed by atoms with Gasteiger partial charge in [-0.1, -0.05) is 107 Å². The zero-order valence-corrected chi connectivity index (χ0v) is 34.6. The Hall–Kier alpha value is -5.55. The minimum atomic E-state index is -0.340. The van der Waals surface area contributed by atoms with Crippen LogP contribution in [0.5, 0.6) is 34.5 Å². The summed E-state index contributed by atoms with van der Waals surface area (Å²) in [6, 6.07) is 49.7. The predicted octanol–water partition coefficient (Wildman–Crippen LogP) is 14.5. The van der Waals surface area contributed by atoms with E-state index in [1.54, 1.807) is 0 Å². The fourth-order valence-electron chi connectivity index (χ4n) is 6.88. The number of para-hydroxylation sites is 2. The average Bonchev–Trinajstić information content (AvgIpc) is 3.21. The van der Waals surface area contributed by atoms with Crippen molar-refractivity contribution in [1.29, 1.82) is 0 Å². The Labute approximate surface area is 340 Å². The van der Waals surface area contributed by atoms with E-state index < -0.39 is 0 Å². The number of halogens is 1. The molecule has 0 radical (unpaired) electrons. The van der Waals surface area contributed by atoms with Gasteiger partial charge in [-0.15, -0.1) is 0 Å². The zero-order chi connectivity index (χ0) is 40.5. The van der Waals surface area contributed by atoms with Gasteiger partial charge in [-0.3, -0.25) is 0 Å². The van der Waals surface area contributed by atoms with E-state index in [0.717, 1.165) is 67.1 Å². The van der Waals surface area contributed by atoms with Crippen molar-refractivity contribution < 1.29 is 23.3 Å². The largest absolute Gasteiger partial charge is 0.494 e. The highest BCUT2D eigenvalue weighted by molar-refractivity contribution is 5.37. The van der Waals surface area contributed by atoms with Crippen molar-refractivity contribution in [1.82, 2.24) is 0 Å². The van der Waals surface area contributed by atoms with Crippen LogP contribution in [0.15, 0.2) is 152 Å². The number of hydrogen-bond donors (Lipinski definition) is 0. The van der Waals surface area contributed by atoms with Crippen molar-refractivity contribution in [3.8, 4) is 34.5 Å². The Morgan fingerprint density at radius 1 is 0.439 bits per heavy atom. The topological polar surface area (TPSA) is 36.9 Å². The Morgan fingerprint density at radius 3 is 1.39 bits per heavy atom. The number of hydrogen-bond acceptors (Lipinski definition) is 4. The molecule has 0 spiro atoms. The van der Waals surface area contributed by atoms with E-state index in [-0.39, 0.29) is 22.4 Å². The van der Waals surface area contributed by atoms with Crippen LogP contribution in [0.3, 0.4) is 0 Å². The van der Waals surface area contributed by atoms with Gasteiger partial charge < -0.3 is 18.9 Å². The van der Waals surface area contributed by atoms with E-state index in [4.69, 9.17) is 18.9 Å². The van der Waals surface area contributed by atoms with Crippen molar-refractivity contribution in [2.75, 3.05) is 13.2 Å². The minimum Gasteiger partial charge on any atom is -0.494 e. The maximum absolute atomic E-state index is 14.1. The molecule has 0 bridgehead atoms. The molecular weight excluding hydrogens is 708 g/mol. The lowest BCUT2D eigenvalue weighted by Crippen LogP contribution is -2.17. The molecule has 0 aromatic heterocycles. The smallest absolute Gasteiger partial charge is 0.165 e. The van der Waals surface area contributed by atoms with Crippen molar-refractivity contribution in [3.05, 3.63) is 180 Å². The standard InChI is InChI=1S/C26H29FO2.C26H30O2/c1-4-28-22-15-13-21(14-16-22)26(2,3)18-8-9-20-12-17-24(27)25(19-20)29-23-10-6-5-7-11-23;1-4-27-23-17-15-22(16-18-23)26(2,3)19-9-11-21-10-8-14-25(20-21)28-24-12-6-5-7-13-24/h5-7,10-17,19H,4,8-9,18H2,1-3H3;5-8,10,12-18,20H,4,9,11,19H2,1-3H3. The highest BCUT2D eigenvalue weighted by Gasteiger charge is 2.21. The second-order valence-electron chi connectivity index (χ2n) is 15.6. The number of aryl methyl sites for hydroxylation is 2. The van der Waals surface area contributed by atoms with Crippen LogP contribution in [-0.4, -0.2) is 13.2 Å². The molecule has 5 heteroatoms. The molecule has 0 saturated carbocycles. The van der Waals surface area contributed by atoms with Crippen LogP contribution in [0, 0.1) is 5.82 Å². The second-order valence-corrected chi connectivity index (χ2v) is 15.6. The molecule has 0 heterocycles. The van der Waals surface area contributed by atoms with Crippen LogP contribution in [0.25, 0.3) is 0 Å². The van der Waals surface area contributed by atoms with Crippen LogP contribution in [0.4, 0.5) is 4.39 Å². The molecule has 0 fully saturated rings. The molecule has 0 saturated heterocycles. The minimum absolute atomic E-state index is 0.0636. The molecule has 0 unspecified atom stereocenters. The molecule has 57 heavy (non-hydrogen) atoms. The first-order valence-electron chi connectivity index (χ1n) is 20.3. The summed E-state index contributed by atoms with van der Waals surface area (Å²) in [5.74, 6) is 4.19. The quantitative estimate of drug-likeness (QED) is 0.0873. The van der Waals surface area contributed by atoms with Gasteiger partial charge in [0.05, 0.1) is 13.2 Å². The monoisotopic (exact) mass is 766 g/mol. The number of benzene rings is 6. The van der Waals surface area contributed by atoms with E-state index in [9.17, 15) is 4.39 Å². The van der Waals surface area contributed by atoms with Crippen LogP contribution < -0.4 is 18.9 Å². The first-order chi connectivity index (χ1) is 27.5. The number of ether oxygens (including phenoxy) is 4. The predicted molar refractivity (Wildman–Crippen MR) is 233 cm³/mol. The Bertz CT molecular complexity index is 2060. The summed E-state index contributed by atoms with van der Waals surface area (Å²) in [5.41, 5.74) is 5.26. The molecule has 0 aliphatic carbocycles. The molecule has 0 aliphatic rings. The molecule has 298 valence electrons. The third kappa shape index (κ3) is 13.6. The molecule has 0 amide bonds. The van der Waals surface area contributed by atoms with Gasteiger partial charge in [-0.05, 0) is 158 Å². The van der Waals surface area contributed by atoms with Crippen molar-refractivity contribution in [2.45, 2.75) is 90.9 Å². The number of rotatable bonds is 18. The summed E-state index contributed by atoms with van der Waals surface area (Å²) in [6.45, 7) is 14.5. The highest BCUT2D eigenvalue weighted by atomic mass is 19.1. The van der Waals surface area contributed by atoms with Crippen LogP contribution in [0.2, 0.25) is 0 Å².